The Morgan fingerprint density at radius 2 is 1.41 bits per heavy atom. The van der Waals surface area contributed by atoms with Gasteiger partial charge >= 0.3 is 6.18 Å². The van der Waals surface area contributed by atoms with Gasteiger partial charge in [-0.2, -0.15) is 18.2 Å². The van der Waals surface area contributed by atoms with Gasteiger partial charge < -0.3 is 29.8 Å². The number of methoxy groups -OCH3 is 2. The highest BCUT2D eigenvalue weighted by molar-refractivity contribution is 5.79. The lowest BCUT2D eigenvalue weighted by atomic mass is 10.1. The van der Waals surface area contributed by atoms with E-state index in [2.05, 4.69) is 5.32 Å². The minimum absolute atomic E-state index is 0.0586. The molecular formula is C33H32F3N5O3. The van der Waals surface area contributed by atoms with Gasteiger partial charge in [-0.25, -0.2) is 4.98 Å². The molecule has 2 aromatic heterocycles. The molecule has 5 aromatic rings. The minimum Gasteiger partial charge on any atom is -0.497 e. The van der Waals surface area contributed by atoms with E-state index in [1.165, 1.54) is 12.1 Å². The lowest BCUT2D eigenvalue weighted by Gasteiger charge is -2.25. The summed E-state index contributed by atoms with van der Waals surface area (Å²) in [7, 11) is 3.21. The summed E-state index contributed by atoms with van der Waals surface area (Å²) in [5.74, 6) is 3.00. The van der Waals surface area contributed by atoms with Crippen molar-refractivity contribution in [1.82, 2.24) is 9.97 Å². The molecular weight excluding hydrogens is 571 g/mol. The Morgan fingerprint density at radius 3 is 1.93 bits per heavy atom. The van der Waals surface area contributed by atoms with Crippen LogP contribution in [0.15, 0.2) is 89.3 Å². The van der Waals surface area contributed by atoms with Crippen LogP contribution in [-0.2, 0) is 25.8 Å². The molecule has 8 nitrogen and oxygen atoms in total. The average molecular weight is 604 g/mol. The van der Waals surface area contributed by atoms with Gasteiger partial charge in [-0.1, -0.05) is 42.5 Å². The van der Waals surface area contributed by atoms with Crippen LogP contribution in [0.4, 0.5) is 30.6 Å². The van der Waals surface area contributed by atoms with Crippen LogP contribution < -0.4 is 25.4 Å². The van der Waals surface area contributed by atoms with Gasteiger partial charge in [0.15, 0.2) is 11.6 Å². The summed E-state index contributed by atoms with van der Waals surface area (Å²) in [4.78, 5) is 11.5. The molecule has 0 aliphatic carbocycles. The molecule has 228 valence electrons. The van der Waals surface area contributed by atoms with Gasteiger partial charge in [-0.05, 0) is 66.1 Å². The molecule has 0 aliphatic heterocycles. The highest BCUT2D eigenvalue weighted by Gasteiger charge is 2.33. The summed E-state index contributed by atoms with van der Waals surface area (Å²) in [6.45, 7) is 2.46. The third-order valence-corrected chi connectivity index (χ3v) is 7.02. The number of aryl methyl sites for hydroxylation is 1. The van der Waals surface area contributed by atoms with Gasteiger partial charge in [0.2, 0.25) is 5.95 Å². The van der Waals surface area contributed by atoms with Crippen LogP contribution in [0.2, 0.25) is 0 Å². The second kappa shape index (κ2) is 13.0. The van der Waals surface area contributed by atoms with E-state index in [0.29, 0.717) is 36.3 Å². The number of nitrogens with two attached hydrogens (primary N) is 1. The number of nitrogen functional groups attached to an aromatic ring is 1. The number of alkyl halides is 3. The normalized spacial score (nSPS) is 11.3. The average Bonchev–Trinajstić information content (AvgIpc) is 3.46. The SMILES string of the molecule is COc1ccc(CN(Cc2ccc(OC)cc2)c2nc(NCc3ccccc3C(F)(F)F)c(N)c(-c3ccc(C)o3)n2)cc1. The Morgan fingerprint density at radius 1 is 0.818 bits per heavy atom. The largest absolute Gasteiger partial charge is 0.497 e. The third-order valence-electron chi connectivity index (χ3n) is 7.02. The first-order valence-corrected chi connectivity index (χ1v) is 13.8. The molecule has 2 heterocycles. The fourth-order valence-electron chi connectivity index (χ4n) is 4.71. The lowest BCUT2D eigenvalue weighted by Crippen LogP contribution is -2.25. The molecule has 0 aliphatic rings. The van der Waals surface area contributed by atoms with Crippen molar-refractivity contribution in [3.63, 3.8) is 0 Å². The predicted molar refractivity (Wildman–Crippen MR) is 164 cm³/mol. The summed E-state index contributed by atoms with van der Waals surface area (Å²) in [5, 5.41) is 3.03. The zero-order chi connectivity index (χ0) is 31.3. The van der Waals surface area contributed by atoms with Crippen molar-refractivity contribution in [3.05, 3.63) is 113 Å². The minimum atomic E-state index is -4.51. The summed E-state index contributed by atoms with van der Waals surface area (Å²) >= 11 is 0. The molecule has 0 bridgehead atoms. The molecule has 0 atom stereocenters. The number of rotatable bonds is 11. The summed E-state index contributed by atoms with van der Waals surface area (Å²) < 4.78 is 57.6. The van der Waals surface area contributed by atoms with Gasteiger partial charge in [-0.3, -0.25) is 0 Å². The van der Waals surface area contributed by atoms with Crippen LogP contribution >= 0.6 is 0 Å². The van der Waals surface area contributed by atoms with E-state index < -0.39 is 11.7 Å². The number of aromatic nitrogens is 2. The Bertz CT molecular complexity index is 1650. The Balaban J connectivity index is 1.57. The van der Waals surface area contributed by atoms with Gasteiger partial charge in [-0.15, -0.1) is 0 Å². The maximum Gasteiger partial charge on any atom is 0.416 e. The van der Waals surface area contributed by atoms with E-state index in [9.17, 15) is 13.2 Å². The molecule has 11 heteroatoms. The first-order chi connectivity index (χ1) is 21.1. The molecule has 0 amide bonds. The third kappa shape index (κ3) is 7.05. The molecule has 0 saturated heterocycles. The van der Waals surface area contributed by atoms with Crippen molar-refractivity contribution in [3.8, 4) is 23.0 Å². The fourth-order valence-corrected chi connectivity index (χ4v) is 4.71. The molecule has 3 N–H and O–H groups in total. The van der Waals surface area contributed by atoms with Crippen LogP contribution in [-0.4, -0.2) is 24.2 Å². The first kappa shape index (κ1) is 30.3. The highest BCUT2D eigenvalue weighted by Crippen LogP contribution is 2.35. The lowest BCUT2D eigenvalue weighted by molar-refractivity contribution is -0.138. The summed E-state index contributed by atoms with van der Waals surface area (Å²) in [6, 6.07) is 24.2. The van der Waals surface area contributed by atoms with Crippen molar-refractivity contribution < 1.29 is 27.1 Å². The summed E-state index contributed by atoms with van der Waals surface area (Å²) in [6.07, 6.45) is -4.51. The van der Waals surface area contributed by atoms with Gasteiger partial charge in [0.05, 0.1) is 19.8 Å². The van der Waals surface area contributed by atoms with Crippen molar-refractivity contribution in [2.24, 2.45) is 0 Å². The molecule has 0 spiro atoms. The van der Waals surface area contributed by atoms with Gasteiger partial charge in [0, 0.05) is 19.6 Å². The van der Waals surface area contributed by atoms with Crippen molar-refractivity contribution in [1.29, 1.82) is 0 Å². The molecule has 44 heavy (non-hydrogen) atoms. The topological polar surface area (TPSA) is 98.7 Å². The van der Waals surface area contributed by atoms with Gasteiger partial charge in [0.1, 0.15) is 28.6 Å². The zero-order valence-electron chi connectivity index (χ0n) is 24.5. The number of nitrogens with zero attached hydrogens (tertiary/aromatic N) is 3. The number of nitrogens with one attached hydrogen (secondary N) is 1. The van der Waals surface area contributed by atoms with Crippen molar-refractivity contribution >= 4 is 17.5 Å². The molecule has 0 saturated carbocycles. The number of ether oxygens (including phenoxy) is 2. The maximum absolute atomic E-state index is 13.7. The summed E-state index contributed by atoms with van der Waals surface area (Å²) in [5.41, 5.74) is 8.26. The van der Waals surface area contributed by atoms with Crippen molar-refractivity contribution in [2.45, 2.75) is 32.7 Å². The number of hydrogen-bond acceptors (Lipinski definition) is 8. The van der Waals surface area contributed by atoms with Crippen LogP contribution in [0, 0.1) is 6.92 Å². The fraction of sp³-hybridized carbons (Fsp3) is 0.212. The van der Waals surface area contributed by atoms with E-state index >= 15 is 0 Å². The molecule has 3 aromatic carbocycles. The predicted octanol–water partition coefficient (Wildman–Crippen LogP) is 7.48. The monoisotopic (exact) mass is 603 g/mol. The molecule has 5 rings (SSSR count). The number of furan rings is 1. The highest BCUT2D eigenvalue weighted by atomic mass is 19.4. The molecule has 0 fully saturated rings. The second-order valence-electron chi connectivity index (χ2n) is 10.1. The number of anilines is 3. The smallest absolute Gasteiger partial charge is 0.416 e. The zero-order valence-corrected chi connectivity index (χ0v) is 24.5. The molecule has 0 unspecified atom stereocenters. The Hall–Kier alpha value is -5.19. The van der Waals surface area contributed by atoms with E-state index in [1.807, 2.05) is 53.4 Å². The number of halogens is 3. The number of benzene rings is 3. The van der Waals surface area contributed by atoms with Gasteiger partial charge in [0.25, 0.3) is 0 Å². The number of hydrogen-bond donors (Lipinski definition) is 2. The van der Waals surface area contributed by atoms with E-state index in [1.54, 1.807) is 39.3 Å². The first-order valence-electron chi connectivity index (χ1n) is 13.8. The van der Waals surface area contributed by atoms with Crippen molar-refractivity contribution in [2.75, 3.05) is 30.2 Å². The van der Waals surface area contributed by atoms with Crippen LogP contribution in [0.3, 0.4) is 0 Å². The Labute approximate surface area is 253 Å². The molecule has 0 radical (unpaired) electrons. The van der Waals surface area contributed by atoms with E-state index in [-0.39, 0.29) is 23.6 Å². The standard InChI is InChI=1S/C33H32F3N5O3/c1-21-8-17-28(44-21)30-29(37)31(38-18-24-6-4-5-7-27(24)33(34,35)36)40-32(39-30)41(19-22-9-13-25(42-2)14-10-22)20-23-11-15-26(43-3)16-12-23/h4-17H,18-20,37H2,1-3H3,(H,38,39,40). The van der Waals surface area contributed by atoms with E-state index in [4.69, 9.17) is 29.6 Å². The quantitative estimate of drug-likeness (QED) is 0.160. The van der Waals surface area contributed by atoms with Crippen LogP contribution in [0.25, 0.3) is 11.5 Å². The Kier molecular flexibility index (Phi) is 8.94. The maximum atomic E-state index is 13.7. The van der Waals surface area contributed by atoms with E-state index in [0.717, 1.165) is 28.7 Å². The van der Waals surface area contributed by atoms with Crippen LogP contribution in [0.5, 0.6) is 11.5 Å². The second-order valence-corrected chi connectivity index (χ2v) is 10.1. The van der Waals surface area contributed by atoms with Crippen LogP contribution in [0.1, 0.15) is 28.0 Å².